The van der Waals surface area contributed by atoms with Crippen LogP contribution in [0.3, 0.4) is 0 Å². The molecule has 3 aliphatic rings. The average Bonchev–Trinajstić information content (AvgIpc) is 3.36. The number of hydrogen-bond donors (Lipinski definition) is 1. The largest absolute Gasteiger partial charge is 0.307 e. The zero-order valence-electron chi connectivity index (χ0n) is 13.2. The van der Waals surface area contributed by atoms with Crippen molar-refractivity contribution in [3.63, 3.8) is 0 Å². The molecule has 0 amide bonds. The van der Waals surface area contributed by atoms with Gasteiger partial charge in [0.1, 0.15) is 0 Å². The van der Waals surface area contributed by atoms with Crippen LogP contribution in [0, 0.1) is 5.92 Å². The van der Waals surface area contributed by atoms with Gasteiger partial charge in [-0.3, -0.25) is 0 Å². The zero-order chi connectivity index (χ0) is 14.2. The normalized spacial score (nSPS) is 31.1. The molecule has 0 unspecified atom stereocenters. The molecule has 1 saturated carbocycles. The van der Waals surface area contributed by atoms with Crippen LogP contribution in [0.5, 0.6) is 0 Å². The molecule has 4 rings (SSSR count). The number of fused-ring (bicyclic) bond motifs is 1. The summed E-state index contributed by atoms with van der Waals surface area (Å²) in [6, 6.07) is 11.3. The summed E-state index contributed by atoms with van der Waals surface area (Å²) in [6.07, 6.45) is 8.16. The van der Waals surface area contributed by atoms with E-state index in [2.05, 4.69) is 41.4 Å². The van der Waals surface area contributed by atoms with Gasteiger partial charge < -0.3 is 10.2 Å². The van der Waals surface area contributed by atoms with E-state index in [4.69, 9.17) is 0 Å². The molecule has 2 aliphatic carbocycles. The highest BCUT2D eigenvalue weighted by Crippen LogP contribution is 2.35. The maximum atomic E-state index is 4.02. The standard InChI is InChI=1S/C19H28N2/c1-14-6-7-15-4-2-3-5-18(15)19(14)20-16-10-12-21(13-11-16)17-8-9-17/h2-5,14,16-17,19-20H,6-13H2,1H3/t14-,19-/m0/s1. The SMILES string of the molecule is C[C@H]1CCc2ccccc2[C@H]1NC1CCN(C2CC2)CC1. The fraction of sp³-hybridized carbons (Fsp3) is 0.684. The van der Waals surface area contributed by atoms with E-state index in [0.29, 0.717) is 6.04 Å². The van der Waals surface area contributed by atoms with Gasteiger partial charge in [-0.15, -0.1) is 0 Å². The van der Waals surface area contributed by atoms with Gasteiger partial charge in [-0.1, -0.05) is 31.2 Å². The highest BCUT2D eigenvalue weighted by atomic mass is 15.2. The number of piperidine rings is 1. The van der Waals surface area contributed by atoms with E-state index in [-0.39, 0.29) is 0 Å². The average molecular weight is 284 g/mol. The molecule has 2 atom stereocenters. The van der Waals surface area contributed by atoms with Crippen LogP contribution in [0.25, 0.3) is 0 Å². The van der Waals surface area contributed by atoms with Gasteiger partial charge >= 0.3 is 0 Å². The summed E-state index contributed by atoms with van der Waals surface area (Å²) in [5, 5.41) is 4.02. The van der Waals surface area contributed by atoms with Crippen molar-refractivity contribution in [1.29, 1.82) is 0 Å². The quantitative estimate of drug-likeness (QED) is 0.913. The molecule has 1 aromatic rings. The number of benzene rings is 1. The van der Waals surface area contributed by atoms with Crippen LogP contribution in [0.1, 0.15) is 56.2 Å². The lowest BCUT2D eigenvalue weighted by Crippen LogP contribution is -2.46. The molecule has 21 heavy (non-hydrogen) atoms. The minimum atomic E-state index is 0.576. The van der Waals surface area contributed by atoms with Gasteiger partial charge in [-0.2, -0.15) is 0 Å². The summed E-state index contributed by atoms with van der Waals surface area (Å²) in [5.74, 6) is 0.765. The molecule has 1 heterocycles. The summed E-state index contributed by atoms with van der Waals surface area (Å²) in [6.45, 7) is 5.04. The number of aryl methyl sites for hydroxylation is 1. The first kappa shape index (κ1) is 13.8. The van der Waals surface area contributed by atoms with E-state index in [0.717, 1.165) is 18.0 Å². The maximum absolute atomic E-state index is 4.02. The molecule has 114 valence electrons. The lowest BCUT2D eigenvalue weighted by Gasteiger charge is -2.38. The lowest BCUT2D eigenvalue weighted by atomic mass is 9.80. The van der Waals surface area contributed by atoms with Crippen LogP contribution in [0.15, 0.2) is 24.3 Å². The topological polar surface area (TPSA) is 15.3 Å². The Bertz CT molecular complexity index is 486. The van der Waals surface area contributed by atoms with Gasteiger partial charge in [0.15, 0.2) is 0 Å². The molecule has 0 spiro atoms. The third-order valence-corrected chi connectivity index (χ3v) is 5.84. The molecule has 2 fully saturated rings. The van der Waals surface area contributed by atoms with Crippen LogP contribution in [-0.2, 0) is 6.42 Å². The van der Waals surface area contributed by atoms with E-state index in [1.807, 2.05) is 0 Å². The second-order valence-corrected chi connectivity index (χ2v) is 7.40. The Morgan fingerprint density at radius 1 is 1.00 bits per heavy atom. The van der Waals surface area contributed by atoms with Crippen molar-refractivity contribution < 1.29 is 0 Å². The Morgan fingerprint density at radius 3 is 2.52 bits per heavy atom. The molecule has 1 saturated heterocycles. The molecule has 0 radical (unpaired) electrons. The monoisotopic (exact) mass is 284 g/mol. The van der Waals surface area contributed by atoms with Crippen molar-refractivity contribution in [2.75, 3.05) is 13.1 Å². The van der Waals surface area contributed by atoms with E-state index in [9.17, 15) is 0 Å². The van der Waals surface area contributed by atoms with Crippen LogP contribution in [0.2, 0.25) is 0 Å². The summed E-state index contributed by atoms with van der Waals surface area (Å²) in [5.41, 5.74) is 3.14. The molecule has 1 aliphatic heterocycles. The van der Waals surface area contributed by atoms with Crippen molar-refractivity contribution in [2.45, 2.75) is 63.6 Å². The van der Waals surface area contributed by atoms with Gasteiger partial charge in [0.2, 0.25) is 0 Å². The first-order valence-corrected chi connectivity index (χ1v) is 8.89. The second kappa shape index (κ2) is 5.73. The molecule has 0 bridgehead atoms. The first-order valence-electron chi connectivity index (χ1n) is 8.89. The summed E-state index contributed by atoms with van der Waals surface area (Å²) in [7, 11) is 0. The molecule has 1 aromatic carbocycles. The summed E-state index contributed by atoms with van der Waals surface area (Å²) in [4.78, 5) is 2.72. The third kappa shape index (κ3) is 2.89. The van der Waals surface area contributed by atoms with Gasteiger partial charge in [0.25, 0.3) is 0 Å². The highest BCUT2D eigenvalue weighted by molar-refractivity contribution is 5.33. The fourth-order valence-electron chi connectivity index (χ4n) is 4.30. The highest BCUT2D eigenvalue weighted by Gasteiger charge is 2.33. The Morgan fingerprint density at radius 2 is 1.76 bits per heavy atom. The van der Waals surface area contributed by atoms with Crippen molar-refractivity contribution >= 4 is 0 Å². The molecule has 1 N–H and O–H groups in total. The van der Waals surface area contributed by atoms with Crippen LogP contribution < -0.4 is 5.32 Å². The Balaban J connectivity index is 1.42. The summed E-state index contributed by atoms with van der Waals surface area (Å²) < 4.78 is 0. The number of likely N-dealkylation sites (tertiary alicyclic amines) is 1. The van der Waals surface area contributed by atoms with Gasteiger partial charge in [0.05, 0.1) is 0 Å². The number of nitrogens with zero attached hydrogens (tertiary/aromatic N) is 1. The van der Waals surface area contributed by atoms with Crippen molar-refractivity contribution in [3.05, 3.63) is 35.4 Å². The van der Waals surface area contributed by atoms with Gasteiger partial charge in [0, 0.05) is 18.1 Å². The Labute approximate surface area is 128 Å². The van der Waals surface area contributed by atoms with Gasteiger partial charge in [-0.25, -0.2) is 0 Å². The zero-order valence-corrected chi connectivity index (χ0v) is 13.2. The van der Waals surface area contributed by atoms with E-state index in [1.165, 1.54) is 51.6 Å². The molecule has 2 nitrogen and oxygen atoms in total. The van der Waals surface area contributed by atoms with E-state index < -0.39 is 0 Å². The Kier molecular flexibility index (Phi) is 3.76. The van der Waals surface area contributed by atoms with Crippen molar-refractivity contribution in [1.82, 2.24) is 10.2 Å². The molecule has 0 aromatic heterocycles. The number of nitrogens with one attached hydrogen (secondary N) is 1. The van der Waals surface area contributed by atoms with Crippen LogP contribution in [-0.4, -0.2) is 30.1 Å². The minimum absolute atomic E-state index is 0.576. The number of rotatable bonds is 3. The maximum Gasteiger partial charge on any atom is 0.0351 e. The molecule has 2 heteroatoms. The number of hydrogen-bond acceptors (Lipinski definition) is 2. The van der Waals surface area contributed by atoms with Crippen LogP contribution in [0.4, 0.5) is 0 Å². The predicted octanol–water partition coefficient (Wildman–Crippen LogP) is 3.53. The van der Waals surface area contributed by atoms with Crippen molar-refractivity contribution in [3.8, 4) is 0 Å². The first-order chi connectivity index (χ1) is 10.3. The van der Waals surface area contributed by atoms with E-state index >= 15 is 0 Å². The summed E-state index contributed by atoms with van der Waals surface area (Å²) >= 11 is 0. The fourth-order valence-corrected chi connectivity index (χ4v) is 4.30. The lowest BCUT2D eigenvalue weighted by molar-refractivity contribution is 0.173. The Hall–Kier alpha value is -0.860. The second-order valence-electron chi connectivity index (χ2n) is 7.40. The van der Waals surface area contributed by atoms with Gasteiger partial charge in [-0.05, 0) is 68.7 Å². The predicted molar refractivity (Wildman–Crippen MR) is 87.4 cm³/mol. The minimum Gasteiger partial charge on any atom is -0.307 e. The van der Waals surface area contributed by atoms with E-state index in [1.54, 1.807) is 11.1 Å². The smallest absolute Gasteiger partial charge is 0.0351 e. The third-order valence-electron chi connectivity index (χ3n) is 5.84. The van der Waals surface area contributed by atoms with Crippen molar-refractivity contribution in [2.24, 2.45) is 5.92 Å². The van der Waals surface area contributed by atoms with Crippen LogP contribution >= 0.6 is 0 Å². The molecular weight excluding hydrogens is 256 g/mol. The molecular formula is C19H28N2.